The molecule has 0 bridgehead atoms. The van der Waals surface area contributed by atoms with E-state index in [0.717, 1.165) is 54.5 Å². The minimum Gasteiger partial charge on any atom is -0.375 e. The molecule has 154 valence electrons. The van der Waals surface area contributed by atoms with Crippen LogP contribution in [0.5, 0.6) is 0 Å². The Kier molecular flexibility index (Phi) is 6.32. The molecule has 0 fully saturated rings. The zero-order valence-corrected chi connectivity index (χ0v) is 17.0. The van der Waals surface area contributed by atoms with Crippen LogP contribution in [0.1, 0.15) is 16.8 Å². The van der Waals surface area contributed by atoms with Gasteiger partial charge in [-0.05, 0) is 29.8 Å². The van der Waals surface area contributed by atoms with Gasteiger partial charge in [-0.25, -0.2) is 9.97 Å². The van der Waals surface area contributed by atoms with Crippen LogP contribution in [-0.4, -0.2) is 41.0 Å². The Labute approximate surface area is 176 Å². The van der Waals surface area contributed by atoms with Crippen LogP contribution in [0.25, 0.3) is 0 Å². The maximum atomic E-state index is 11.6. The van der Waals surface area contributed by atoms with Crippen molar-refractivity contribution >= 4 is 23.1 Å². The molecular formula is C23H25N5O2. The monoisotopic (exact) mass is 403 g/mol. The van der Waals surface area contributed by atoms with Crippen molar-refractivity contribution in [3.8, 4) is 0 Å². The molecule has 7 heteroatoms. The lowest BCUT2D eigenvalue weighted by molar-refractivity contribution is -0.119. The Morgan fingerprint density at radius 2 is 1.83 bits per heavy atom. The van der Waals surface area contributed by atoms with Crippen LogP contribution in [0, 0.1) is 0 Å². The van der Waals surface area contributed by atoms with Crippen LogP contribution in [0.3, 0.4) is 0 Å². The van der Waals surface area contributed by atoms with Crippen molar-refractivity contribution in [2.24, 2.45) is 0 Å². The van der Waals surface area contributed by atoms with Crippen molar-refractivity contribution in [1.82, 2.24) is 14.9 Å². The third-order valence-electron chi connectivity index (χ3n) is 5.04. The molecule has 0 unspecified atom stereocenters. The Morgan fingerprint density at radius 3 is 2.60 bits per heavy atom. The first-order chi connectivity index (χ1) is 14.7. The lowest BCUT2D eigenvalue weighted by Gasteiger charge is -2.29. The number of nitrogens with one attached hydrogen (secondary N) is 2. The minimum absolute atomic E-state index is 0.0343. The van der Waals surface area contributed by atoms with E-state index in [0.29, 0.717) is 0 Å². The van der Waals surface area contributed by atoms with Crippen LogP contribution in [-0.2, 0) is 29.0 Å². The number of rotatable bonds is 7. The van der Waals surface area contributed by atoms with Gasteiger partial charge in [0.05, 0.1) is 5.69 Å². The van der Waals surface area contributed by atoms with E-state index in [2.05, 4.69) is 49.8 Å². The van der Waals surface area contributed by atoms with Gasteiger partial charge < -0.3 is 15.4 Å². The third kappa shape index (κ3) is 5.00. The number of hydrogen-bond donors (Lipinski definition) is 2. The second-order valence-electron chi connectivity index (χ2n) is 7.28. The van der Waals surface area contributed by atoms with Gasteiger partial charge in [-0.1, -0.05) is 30.3 Å². The highest BCUT2D eigenvalue weighted by Gasteiger charge is 2.21. The second kappa shape index (κ2) is 9.47. The first kappa shape index (κ1) is 20.0. The van der Waals surface area contributed by atoms with Gasteiger partial charge in [-0.2, -0.15) is 0 Å². The summed E-state index contributed by atoms with van der Waals surface area (Å²) in [6.45, 7) is 2.73. The second-order valence-corrected chi connectivity index (χ2v) is 7.28. The molecular weight excluding hydrogens is 378 g/mol. The van der Waals surface area contributed by atoms with Crippen LogP contribution < -0.4 is 10.6 Å². The van der Waals surface area contributed by atoms with E-state index < -0.39 is 0 Å². The molecule has 2 heterocycles. The largest absolute Gasteiger partial charge is 0.375 e. The van der Waals surface area contributed by atoms with Gasteiger partial charge in [-0.15, -0.1) is 0 Å². The number of carbonyl (C=O) groups excluding carboxylic acids is 1. The van der Waals surface area contributed by atoms with E-state index in [9.17, 15) is 4.79 Å². The molecule has 2 N–H and O–H groups in total. The predicted octanol–water partition coefficient (Wildman–Crippen LogP) is 3.36. The number of fused-ring (bicyclic) bond motifs is 1. The average molecular weight is 403 g/mol. The fourth-order valence-electron chi connectivity index (χ4n) is 3.58. The van der Waals surface area contributed by atoms with Crippen molar-refractivity contribution in [2.75, 3.05) is 30.9 Å². The summed E-state index contributed by atoms with van der Waals surface area (Å²) in [5, 5.41) is 6.20. The van der Waals surface area contributed by atoms with Crippen molar-refractivity contribution in [1.29, 1.82) is 0 Å². The molecule has 0 spiro atoms. The van der Waals surface area contributed by atoms with E-state index in [1.165, 1.54) is 12.7 Å². The number of benzene rings is 2. The fourth-order valence-corrected chi connectivity index (χ4v) is 3.58. The molecule has 1 amide bonds. The molecule has 1 aliphatic heterocycles. The van der Waals surface area contributed by atoms with Crippen LogP contribution in [0.15, 0.2) is 60.9 Å². The summed E-state index contributed by atoms with van der Waals surface area (Å²) in [6, 6.07) is 18.0. The number of amides is 1. The minimum atomic E-state index is -0.179. The van der Waals surface area contributed by atoms with Gasteiger partial charge in [0, 0.05) is 50.1 Å². The molecule has 4 rings (SSSR count). The molecule has 7 nitrogen and oxygen atoms in total. The van der Waals surface area contributed by atoms with E-state index in [4.69, 9.17) is 4.74 Å². The zero-order chi connectivity index (χ0) is 20.8. The summed E-state index contributed by atoms with van der Waals surface area (Å²) >= 11 is 0. The maximum absolute atomic E-state index is 11.6. The predicted molar refractivity (Wildman–Crippen MR) is 117 cm³/mol. The van der Waals surface area contributed by atoms with E-state index >= 15 is 0 Å². The van der Waals surface area contributed by atoms with Gasteiger partial charge in [0.15, 0.2) is 0 Å². The Balaban J connectivity index is 1.45. The van der Waals surface area contributed by atoms with Crippen molar-refractivity contribution in [3.63, 3.8) is 0 Å². The highest BCUT2D eigenvalue weighted by molar-refractivity contribution is 5.91. The van der Waals surface area contributed by atoms with Crippen LogP contribution in [0.4, 0.5) is 17.2 Å². The summed E-state index contributed by atoms with van der Waals surface area (Å²) in [5.74, 6) is 0.649. The Morgan fingerprint density at radius 1 is 1.07 bits per heavy atom. The number of nitrogens with zero attached hydrogens (tertiary/aromatic N) is 3. The molecule has 0 aliphatic carbocycles. The number of hydrogen-bond acceptors (Lipinski definition) is 6. The molecule has 0 radical (unpaired) electrons. The highest BCUT2D eigenvalue weighted by Crippen LogP contribution is 2.27. The van der Waals surface area contributed by atoms with Crippen molar-refractivity contribution in [2.45, 2.75) is 19.5 Å². The molecule has 3 aromatic rings. The number of carbonyl (C=O) groups is 1. The van der Waals surface area contributed by atoms with Crippen molar-refractivity contribution < 1.29 is 9.53 Å². The normalized spacial score (nSPS) is 13.5. The topological polar surface area (TPSA) is 79.4 Å². The van der Waals surface area contributed by atoms with Gasteiger partial charge in [-0.3, -0.25) is 9.69 Å². The first-order valence-corrected chi connectivity index (χ1v) is 9.96. The average Bonchev–Trinajstić information content (AvgIpc) is 2.76. The number of methoxy groups -OCH3 is 1. The molecule has 2 aromatic carbocycles. The van der Waals surface area contributed by atoms with Crippen LogP contribution >= 0.6 is 0 Å². The number of anilines is 3. The molecule has 1 aliphatic rings. The fraction of sp³-hybridized carbons (Fsp3) is 0.261. The lowest BCUT2D eigenvalue weighted by Crippen LogP contribution is -2.31. The lowest BCUT2D eigenvalue weighted by atomic mass is 10.0. The molecule has 0 atom stereocenters. The quantitative estimate of drug-likeness (QED) is 0.630. The van der Waals surface area contributed by atoms with Crippen LogP contribution in [0.2, 0.25) is 0 Å². The molecule has 0 saturated carbocycles. The summed E-state index contributed by atoms with van der Waals surface area (Å²) < 4.78 is 4.83. The maximum Gasteiger partial charge on any atom is 0.250 e. The molecule has 1 aromatic heterocycles. The van der Waals surface area contributed by atoms with Gasteiger partial charge in [0.1, 0.15) is 18.8 Å². The summed E-state index contributed by atoms with van der Waals surface area (Å²) in [4.78, 5) is 23.0. The molecule has 0 saturated heterocycles. The number of ether oxygens (including phenoxy) is 1. The standard InChI is InChI=1S/C23H25N5O2/c1-30-15-22(29)26-18-7-9-19(10-8-18)27-23-20-14-28(12-11-21(20)24-16-25-23)13-17-5-3-2-4-6-17/h2-10,16H,11-15H2,1H3,(H,26,29)(H,24,25,27). The van der Waals surface area contributed by atoms with Gasteiger partial charge in [0.25, 0.3) is 0 Å². The Hall–Kier alpha value is -3.29. The first-order valence-electron chi connectivity index (χ1n) is 9.96. The summed E-state index contributed by atoms with van der Waals surface area (Å²) in [6.07, 6.45) is 2.52. The summed E-state index contributed by atoms with van der Waals surface area (Å²) in [5.41, 5.74) is 5.16. The van der Waals surface area contributed by atoms with Gasteiger partial charge in [0.2, 0.25) is 5.91 Å². The zero-order valence-electron chi connectivity index (χ0n) is 17.0. The Bertz CT molecular complexity index is 992. The van der Waals surface area contributed by atoms with E-state index in [-0.39, 0.29) is 12.5 Å². The smallest absolute Gasteiger partial charge is 0.250 e. The molecule has 30 heavy (non-hydrogen) atoms. The van der Waals surface area contributed by atoms with Crippen molar-refractivity contribution in [3.05, 3.63) is 77.7 Å². The highest BCUT2D eigenvalue weighted by atomic mass is 16.5. The SMILES string of the molecule is COCC(=O)Nc1ccc(Nc2ncnc3c2CN(Cc2ccccc2)CC3)cc1. The summed E-state index contributed by atoms with van der Waals surface area (Å²) in [7, 11) is 1.50. The third-order valence-corrected chi connectivity index (χ3v) is 5.04. The van der Waals surface area contributed by atoms with E-state index in [1.54, 1.807) is 6.33 Å². The van der Waals surface area contributed by atoms with E-state index in [1.807, 2.05) is 30.3 Å². The number of aromatic nitrogens is 2. The van der Waals surface area contributed by atoms with Gasteiger partial charge >= 0.3 is 0 Å².